The van der Waals surface area contributed by atoms with Crippen molar-refractivity contribution in [3.05, 3.63) is 0 Å². The van der Waals surface area contributed by atoms with E-state index in [9.17, 15) is 0 Å². The highest BCUT2D eigenvalue weighted by molar-refractivity contribution is 6.11. The highest BCUT2D eigenvalue weighted by Crippen LogP contribution is 2.47. The summed E-state index contributed by atoms with van der Waals surface area (Å²) in [6.45, 7) is 14.1. The largest absolute Gasteiger partial charge is 0.381 e. The molecule has 4 atom stereocenters. The van der Waals surface area contributed by atoms with Gasteiger partial charge in [0.1, 0.15) is 7.85 Å². The van der Waals surface area contributed by atoms with Crippen LogP contribution in [-0.2, 0) is 9.47 Å². The smallest absolute Gasteiger partial charge is 0.142 e. The molecule has 1 aliphatic rings. The molecule has 0 aromatic carbocycles. The quantitative estimate of drug-likeness (QED) is 0.630. The maximum atomic E-state index is 6.37. The molecular weight excluding hydrogens is 259 g/mol. The molecule has 1 rings (SSSR count). The Bertz CT molecular complexity index is 314. The summed E-state index contributed by atoms with van der Waals surface area (Å²) in [7, 11) is 4.02. The van der Waals surface area contributed by atoms with Crippen LogP contribution in [0.1, 0.15) is 73.6 Å². The maximum absolute atomic E-state index is 6.37. The third-order valence-corrected chi connectivity index (χ3v) is 5.36. The van der Waals surface area contributed by atoms with Gasteiger partial charge < -0.3 is 9.47 Å². The Labute approximate surface area is 133 Å². The fourth-order valence-electron chi connectivity index (χ4n) is 4.54. The van der Waals surface area contributed by atoms with Gasteiger partial charge in [0, 0.05) is 13.0 Å². The molecule has 0 saturated carbocycles. The van der Waals surface area contributed by atoms with E-state index in [1.165, 1.54) is 25.7 Å². The zero-order valence-electron chi connectivity index (χ0n) is 15.7. The van der Waals surface area contributed by atoms with Crippen molar-refractivity contribution in [3.8, 4) is 0 Å². The molecule has 0 aromatic heterocycles. The van der Waals surface area contributed by atoms with Crippen LogP contribution in [0.15, 0.2) is 0 Å². The van der Waals surface area contributed by atoms with Crippen LogP contribution in [0.25, 0.3) is 0 Å². The monoisotopic (exact) mass is 296 g/mol. The number of hydrogen-bond donors (Lipinski definition) is 0. The number of ether oxygens (including phenoxy) is 2. The molecule has 0 bridgehead atoms. The SMILES string of the molecule is B[C@@H]1O[C@H](CC(C)(C)CCC)C(C(C)(C)CCC)[C@H]1OC. The fraction of sp³-hybridized carbons (Fsp3) is 1.00. The van der Waals surface area contributed by atoms with Crippen LogP contribution in [0, 0.1) is 16.7 Å². The van der Waals surface area contributed by atoms with Gasteiger partial charge in [-0.2, -0.15) is 0 Å². The average molecular weight is 296 g/mol. The molecule has 21 heavy (non-hydrogen) atoms. The summed E-state index contributed by atoms with van der Waals surface area (Å²) in [5, 5.41) is 0. The first-order chi connectivity index (χ1) is 9.68. The van der Waals surface area contributed by atoms with Crippen molar-refractivity contribution in [2.24, 2.45) is 16.7 Å². The average Bonchev–Trinajstić information content (AvgIpc) is 2.64. The molecular formula is C18H37BO2. The van der Waals surface area contributed by atoms with E-state index in [1.54, 1.807) is 0 Å². The van der Waals surface area contributed by atoms with Crippen LogP contribution < -0.4 is 0 Å². The zero-order chi connectivity index (χ0) is 16.3. The third-order valence-electron chi connectivity index (χ3n) is 5.36. The van der Waals surface area contributed by atoms with Crippen LogP contribution in [-0.4, -0.2) is 33.2 Å². The van der Waals surface area contributed by atoms with E-state index < -0.39 is 0 Å². The van der Waals surface area contributed by atoms with Gasteiger partial charge in [-0.3, -0.25) is 0 Å². The van der Waals surface area contributed by atoms with E-state index in [0.29, 0.717) is 17.4 Å². The molecule has 2 nitrogen and oxygen atoms in total. The van der Waals surface area contributed by atoms with Gasteiger partial charge in [0.15, 0.2) is 0 Å². The topological polar surface area (TPSA) is 18.5 Å². The predicted molar refractivity (Wildman–Crippen MR) is 93.5 cm³/mol. The summed E-state index contributed by atoms with van der Waals surface area (Å²) in [5.41, 5.74) is 0.620. The summed E-state index contributed by atoms with van der Waals surface area (Å²) < 4.78 is 12.2. The first kappa shape index (κ1) is 19.0. The van der Waals surface area contributed by atoms with Gasteiger partial charge in [-0.1, -0.05) is 54.4 Å². The lowest BCUT2D eigenvalue weighted by Crippen LogP contribution is -2.41. The van der Waals surface area contributed by atoms with Crippen LogP contribution in [0.2, 0.25) is 0 Å². The molecule has 1 unspecified atom stereocenters. The molecule has 124 valence electrons. The van der Waals surface area contributed by atoms with E-state index in [-0.39, 0.29) is 17.5 Å². The predicted octanol–water partition coefficient (Wildman–Crippen LogP) is 4.02. The van der Waals surface area contributed by atoms with Crippen molar-refractivity contribution < 1.29 is 9.47 Å². The van der Waals surface area contributed by atoms with Gasteiger partial charge in [-0.25, -0.2) is 0 Å². The molecule has 1 saturated heterocycles. The van der Waals surface area contributed by atoms with Crippen LogP contribution in [0.4, 0.5) is 0 Å². The molecule has 0 N–H and O–H groups in total. The number of hydrogen-bond acceptors (Lipinski definition) is 2. The second kappa shape index (κ2) is 7.50. The van der Waals surface area contributed by atoms with Crippen molar-refractivity contribution in [2.45, 2.75) is 91.9 Å². The van der Waals surface area contributed by atoms with Crippen LogP contribution in [0.5, 0.6) is 0 Å². The summed E-state index contributed by atoms with van der Waals surface area (Å²) in [5.74, 6) is 0.494. The lowest BCUT2D eigenvalue weighted by Gasteiger charge is -2.40. The molecule has 1 fully saturated rings. The van der Waals surface area contributed by atoms with Gasteiger partial charge in [0.2, 0.25) is 0 Å². The van der Waals surface area contributed by atoms with Crippen molar-refractivity contribution in [1.82, 2.24) is 0 Å². The second-order valence-electron chi connectivity index (χ2n) is 8.46. The van der Waals surface area contributed by atoms with Gasteiger partial charge in [0.25, 0.3) is 0 Å². The van der Waals surface area contributed by atoms with Crippen molar-refractivity contribution in [2.75, 3.05) is 7.11 Å². The van der Waals surface area contributed by atoms with Crippen molar-refractivity contribution >= 4 is 7.85 Å². The van der Waals surface area contributed by atoms with Crippen LogP contribution in [0.3, 0.4) is 0 Å². The van der Waals surface area contributed by atoms with Gasteiger partial charge in [-0.15, -0.1) is 0 Å². The Balaban J connectivity index is 2.95. The first-order valence-corrected chi connectivity index (χ1v) is 8.86. The maximum Gasteiger partial charge on any atom is 0.142 e. The Morgan fingerprint density at radius 2 is 1.62 bits per heavy atom. The Hall–Kier alpha value is -0.0151. The Morgan fingerprint density at radius 3 is 2.10 bits per heavy atom. The molecule has 0 spiro atoms. The standard InChI is InChI=1S/C18H37BO2/c1-8-10-17(3,4)12-13-14(18(5,6)11-9-2)15(20-7)16(19)21-13/h13-16H,8-12,19H2,1-7H3/t13-,14?,15-,16-/m1/s1. The fourth-order valence-corrected chi connectivity index (χ4v) is 4.54. The highest BCUT2D eigenvalue weighted by Gasteiger charge is 2.50. The summed E-state index contributed by atoms with van der Waals surface area (Å²) >= 11 is 0. The molecule has 1 aliphatic heterocycles. The summed E-state index contributed by atoms with van der Waals surface area (Å²) in [6.07, 6.45) is 6.66. The van der Waals surface area contributed by atoms with Gasteiger partial charge in [0.05, 0.1) is 18.2 Å². The van der Waals surface area contributed by atoms with Crippen molar-refractivity contribution in [3.63, 3.8) is 0 Å². The highest BCUT2D eigenvalue weighted by atomic mass is 16.6. The van der Waals surface area contributed by atoms with Gasteiger partial charge in [-0.05, 0) is 30.1 Å². The minimum atomic E-state index is 0.207. The van der Waals surface area contributed by atoms with E-state index in [0.717, 1.165) is 6.42 Å². The number of rotatable bonds is 8. The second-order valence-corrected chi connectivity index (χ2v) is 8.46. The minimum Gasteiger partial charge on any atom is -0.381 e. The van der Waals surface area contributed by atoms with E-state index in [1.807, 2.05) is 7.11 Å². The summed E-state index contributed by atoms with van der Waals surface area (Å²) in [6, 6.07) is 0.207. The lowest BCUT2D eigenvalue weighted by molar-refractivity contribution is -0.00306. The molecule has 1 heterocycles. The zero-order valence-corrected chi connectivity index (χ0v) is 15.7. The molecule has 0 amide bonds. The Kier molecular flexibility index (Phi) is 6.80. The minimum absolute atomic E-state index is 0.207. The normalized spacial score (nSPS) is 30.8. The Morgan fingerprint density at radius 1 is 1.05 bits per heavy atom. The molecule has 0 radical (unpaired) electrons. The van der Waals surface area contributed by atoms with E-state index >= 15 is 0 Å². The molecule has 0 aromatic rings. The van der Waals surface area contributed by atoms with E-state index in [4.69, 9.17) is 9.47 Å². The van der Waals surface area contributed by atoms with Crippen molar-refractivity contribution in [1.29, 1.82) is 0 Å². The van der Waals surface area contributed by atoms with Crippen LogP contribution >= 0.6 is 0 Å². The lowest BCUT2D eigenvalue weighted by atomic mass is 9.66. The molecule has 0 aliphatic carbocycles. The summed E-state index contributed by atoms with van der Waals surface area (Å²) in [4.78, 5) is 0. The van der Waals surface area contributed by atoms with Gasteiger partial charge >= 0.3 is 0 Å². The van der Waals surface area contributed by atoms with E-state index in [2.05, 4.69) is 49.4 Å². The number of methoxy groups -OCH3 is 1. The third kappa shape index (κ3) is 4.73. The molecule has 3 heteroatoms. The first-order valence-electron chi connectivity index (χ1n) is 8.86.